The van der Waals surface area contributed by atoms with Crippen molar-refractivity contribution >= 4 is 18.0 Å². The van der Waals surface area contributed by atoms with Gasteiger partial charge in [-0.15, -0.1) is 0 Å². The molecule has 22 heavy (non-hydrogen) atoms. The molecule has 2 N–H and O–H groups in total. The number of nitrogens with one attached hydrogen (secondary N) is 1. The van der Waals surface area contributed by atoms with Crippen molar-refractivity contribution in [2.45, 2.75) is 13.0 Å². The Hall–Kier alpha value is -3.01. The Morgan fingerprint density at radius 1 is 1.36 bits per heavy atom. The van der Waals surface area contributed by atoms with Gasteiger partial charge in [-0.2, -0.15) is 5.26 Å². The number of carboxylic acid groups (broad SMARTS) is 1. The van der Waals surface area contributed by atoms with E-state index in [4.69, 9.17) is 19.8 Å². The molecule has 7 nitrogen and oxygen atoms in total. The summed E-state index contributed by atoms with van der Waals surface area (Å²) in [5.41, 5.74) is 0.392. The molecule has 1 aliphatic rings. The summed E-state index contributed by atoms with van der Waals surface area (Å²) in [6.07, 6.45) is 1.36. The standard InChI is InChI=1S/C15H14N2O5/c1-9(15(19)20)17-14(18)11(8-16)6-10-2-3-12-13(7-10)22-5-4-21-12/h2-3,6-7,9H,4-5H2,1H3,(H,17,18)(H,19,20)/b11-6-. The summed E-state index contributed by atoms with van der Waals surface area (Å²) in [4.78, 5) is 22.6. The molecular weight excluding hydrogens is 288 g/mol. The maximum absolute atomic E-state index is 11.9. The number of nitrogens with zero attached hydrogens (tertiary/aromatic N) is 1. The molecule has 1 heterocycles. The minimum absolute atomic E-state index is 0.190. The number of hydrogen-bond acceptors (Lipinski definition) is 5. The predicted molar refractivity (Wildman–Crippen MR) is 76.3 cm³/mol. The summed E-state index contributed by atoms with van der Waals surface area (Å²) in [6, 6.07) is 5.70. The number of carbonyl (C=O) groups excluding carboxylic acids is 1. The summed E-state index contributed by atoms with van der Waals surface area (Å²) in [7, 11) is 0. The van der Waals surface area contributed by atoms with Crippen molar-refractivity contribution in [3.05, 3.63) is 29.3 Å². The van der Waals surface area contributed by atoms with Crippen LogP contribution in [-0.4, -0.2) is 36.2 Å². The van der Waals surface area contributed by atoms with Gasteiger partial charge in [0.25, 0.3) is 5.91 Å². The Morgan fingerprint density at radius 2 is 2.05 bits per heavy atom. The molecule has 1 aromatic rings. The molecule has 114 valence electrons. The Kier molecular flexibility index (Phi) is 4.63. The molecular formula is C15H14N2O5. The number of aliphatic carboxylic acids is 1. The second kappa shape index (κ2) is 6.63. The first-order valence-electron chi connectivity index (χ1n) is 6.56. The van der Waals surface area contributed by atoms with Crippen LogP contribution in [0, 0.1) is 11.3 Å². The van der Waals surface area contributed by atoms with E-state index in [0.717, 1.165) is 0 Å². The number of benzene rings is 1. The van der Waals surface area contributed by atoms with Crippen LogP contribution in [0.1, 0.15) is 12.5 Å². The van der Waals surface area contributed by atoms with Crippen LogP contribution in [0.5, 0.6) is 11.5 Å². The van der Waals surface area contributed by atoms with Crippen molar-refractivity contribution in [2.24, 2.45) is 0 Å². The quantitative estimate of drug-likeness (QED) is 0.633. The van der Waals surface area contributed by atoms with Gasteiger partial charge >= 0.3 is 5.97 Å². The van der Waals surface area contributed by atoms with Gasteiger partial charge in [-0.05, 0) is 30.7 Å². The lowest BCUT2D eigenvalue weighted by Crippen LogP contribution is -2.38. The molecule has 0 saturated carbocycles. The van der Waals surface area contributed by atoms with Crippen LogP contribution in [0.15, 0.2) is 23.8 Å². The highest BCUT2D eigenvalue weighted by Crippen LogP contribution is 2.31. The fourth-order valence-electron chi connectivity index (χ4n) is 1.80. The van der Waals surface area contributed by atoms with Crippen LogP contribution >= 0.6 is 0 Å². The van der Waals surface area contributed by atoms with E-state index in [1.165, 1.54) is 13.0 Å². The lowest BCUT2D eigenvalue weighted by molar-refractivity contribution is -0.140. The van der Waals surface area contributed by atoms with Gasteiger partial charge < -0.3 is 19.9 Å². The Morgan fingerprint density at radius 3 is 2.68 bits per heavy atom. The van der Waals surface area contributed by atoms with Crippen LogP contribution in [0.25, 0.3) is 6.08 Å². The predicted octanol–water partition coefficient (Wildman–Crippen LogP) is 0.954. The molecule has 1 amide bonds. The van der Waals surface area contributed by atoms with E-state index in [2.05, 4.69) is 5.32 Å². The van der Waals surface area contributed by atoms with Crippen molar-refractivity contribution in [3.8, 4) is 17.6 Å². The van der Waals surface area contributed by atoms with Crippen LogP contribution < -0.4 is 14.8 Å². The molecule has 0 radical (unpaired) electrons. The van der Waals surface area contributed by atoms with Gasteiger partial charge in [0.05, 0.1) is 0 Å². The van der Waals surface area contributed by atoms with Crippen molar-refractivity contribution in [3.63, 3.8) is 0 Å². The SMILES string of the molecule is CC(NC(=O)/C(C#N)=C\c1ccc2c(c1)OCCO2)C(=O)O. The van der Waals surface area contributed by atoms with Crippen molar-refractivity contribution < 1.29 is 24.2 Å². The molecule has 0 spiro atoms. The normalized spacial score (nSPS) is 14.6. The lowest BCUT2D eigenvalue weighted by Gasteiger charge is -2.18. The molecule has 7 heteroatoms. The molecule has 1 aromatic carbocycles. The molecule has 0 aromatic heterocycles. The zero-order valence-corrected chi connectivity index (χ0v) is 11.8. The average molecular weight is 302 g/mol. The van der Waals surface area contributed by atoms with Crippen molar-refractivity contribution in [1.82, 2.24) is 5.32 Å². The molecule has 1 atom stereocenters. The number of nitriles is 1. The number of amides is 1. The van der Waals surface area contributed by atoms with E-state index < -0.39 is 17.9 Å². The third-order valence-corrected chi connectivity index (χ3v) is 2.96. The smallest absolute Gasteiger partial charge is 0.325 e. The molecule has 0 bridgehead atoms. The monoisotopic (exact) mass is 302 g/mol. The second-order valence-electron chi connectivity index (χ2n) is 4.61. The molecule has 0 aliphatic carbocycles. The second-order valence-corrected chi connectivity index (χ2v) is 4.61. The number of ether oxygens (including phenoxy) is 2. The number of carboxylic acids is 1. The zero-order valence-electron chi connectivity index (χ0n) is 11.8. The summed E-state index contributed by atoms with van der Waals surface area (Å²) >= 11 is 0. The number of rotatable bonds is 4. The largest absolute Gasteiger partial charge is 0.486 e. The van der Waals surface area contributed by atoms with Gasteiger partial charge in [0.15, 0.2) is 11.5 Å². The third kappa shape index (κ3) is 3.55. The topological polar surface area (TPSA) is 109 Å². The number of fused-ring (bicyclic) bond motifs is 1. The van der Waals surface area contributed by atoms with E-state index in [0.29, 0.717) is 30.3 Å². The first kappa shape index (κ1) is 15.4. The minimum atomic E-state index is -1.18. The molecule has 0 saturated heterocycles. The van der Waals surface area contributed by atoms with Gasteiger partial charge in [-0.1, -0.05) is 6.07 Å². The summed E-state index contributed by atoms with van der Waals surface area (Å²) in [5.74, 6) is -0.778. The fourth-order valence-corrected chi connectivity index (χ4v) is 1.80. The molecule has 1 aliphatic heterocycles. The summed E-state index contributed by atoms with van der Waals surface area (Å²) < 4.78 is 10.8. The van der Waals surface area contributed by atoms with Gasteiger partial charge in [0.2, 0.25) is 0 Å². The van der Waals surface area contributed by atoms with E-state index >= 15 is 0 Å². The summed E-state index contributed by atoms with van der Waals surface area (Å²) in [6.45, 7) is 2.22. The lowest BCUT2D eigenvalue weighted by atomic mass is 10.1. The fraction of sp³-hybridized carbons (Fsp3) is 0.267. The van der Waals surface area contributed by atoms with Crippen LogP contribution in [0.3, 0.4) is 0 Å². The Balaban J connectivity index is 2.20. The van der Waals surface area contributed by atoms with E-state index in [1.54, 1.807) is 24.3 Å². The first-order valence-corrected chi connectivity index (χ1v) is 6.56. The third-order valence-electron chi connectivity index (χ3n) is 2.96. The van der Waals surface area contributed by atoms with E-state index in [-0.39, 0.29) is 5.57 Å². The highest BCUT2D eigenvalue weighted by atomic mass is 16.6. The minimum Gasteiger partial charge on any atom is -0.486 e. The maximum Gasteiger partial charge on any atom is 0.325 e. The zero-order chi connectivity index (χ0) is 16.1. The highest BCUT2D eigenvalue weighted by molar-refractivity contribution is 6.03. The molecule has 1 unspecified atom stereocenters. The van der Waals surface area contributed by atoms with Crippen molar-refractivity contribution in [1.29, 1.82) is 5.26 Å². The van der Waals surface area contributed by atoms with E-state index in [1.807, 2.05) is 0 Å². The Bertz CT molecular complexity index is 675. The van der Waals surface area contributed by atoms with Gasteiger partial charge in [-0.3, -0.25) is 9.59 Å². The Labute approximate surface area is 126 Å². The molecule has 2 rings (SSSR count). The average Bonchev–Trinajstić information content (AvgIpc) is 2.52. The first-order chi connectivity index (χ1) is 10.5. The van der Waals surface area contributed by atoms with Gasteiger partial charge in [-0.25, -0.2) is 0 Å². The maximum atomic E-state index is 11.9. The summed E-state index contributed by atoms with van der Waals surface area (Å²) in [5, 5.41) is 20.1. The number of carbonyl (C=O) groups is 2. The van der Waals surface area contributed by atoms with Crippen molar-refractivity contribution in [2.75, 3.05) is 13.2 Å². The van der Waals surface area contributed by atoms with Crippen LogP contribution in [0.2, 0.25) is 0 Å². The van der Waals surface area contributed by atoms with Gasteiger partial charge in [0.1, 0.15) is 30.9 Å². The highest BCUT2D eigenvalue weighted by Gasteiger charge is 2.17. The molecule has 0 fully saturated rings. The number of hydrogen-bond donors (Lipinski definition) is 2. The van der Waals surface area contributed by atoms with Crippen LogP contribution in [0.4, 0.5) is 0 Å². The van der Waals surface area contributed by atoms with Gasteiger partial charge in [0, 0.05) is 0 Å². The van der Waals surface area contributed by atoms with E-state index in [9.17, 15) is 9.59 Å². The van der Waals surface area contributed by atoms with Crippen LogP contribution in [-0.2, 0) is 9.59 Å².